The van der Waals surface area contributed by atoms with Gasteiger partial charge in [0.25, 0.3) is 0 Å². The van der Waals surface area contributed by atoms with Gasteiger partial charge in [-0.2, -0.15) is 0 Å². The molecule has 0 unspecified atom stereocenters. The highest BCUT2D eigenvalue weighted by molar-refractivity contribution is 6.33. The van der Waals surface area contributed by atoms with E-state index in [1.807, 2.05) is 0 Å². The highest BCUT2D eigenvalue weighted by Crippen LogP contribution is 2.33. The smallest absolute Gasteiger partial charge is 0.337 e. The van der Waals surface area contributed by atoms with E-state index in [2.05, 4.69) is 4.74 Å². The molecule has 2 aromatic rings. The summed E-state index contributed by atoms with van der Waals surface area (Å²) in [4.78, 5) is 11.5. The largest absolute Gasteiger partial charge is 0.497 e. The molecule has 0 aromatic heterocycles. The summed E-state index contributed by atoms with van der Waals surface area (Å²) in [7, 11) is 2.77. The van der Waals surface area contributed by atoms with Crippen LogP contribution in [-0.4, -0.2) is 20.2 Å². The molecule has 2 aromatic carbocycles. The molecule has 0 N–H and O–H groups in total. The molecule has 5 heteroatoms. The Labute approximate surface area is 120 Å². The average Bonchev–Trinajstić information content (AvgIpc) is 2.48. The Balaban J connectivity index is 2.59. The molecule has 20 heavy (non-hydrogen) atoms. The molecular weight excluding hydrogens is 283 g/mol. The van der Waals surface area contributed by atoms with Crippen LogP contribution in [0.2, 0.25) is 5.02 Å². The van der Waals surface area contributed by atoms with Gasteiger partial charge in [0.2, 0.25) is 0 Å². The zero-order chi connectivity index (χ0) is 14.7. The van der Waals surface area contributed by atoms with Crippen LogP contribution in [0.5, 0.6) is 5.75 Å². The Kier molecular flexibility index (Phi) is 4.25. The van der Waals surface area contributed by atoms with Gasteiger partial charge in [-0.25, -0.2) is 9.18 Å². The Morgan fingerprint density at radius 3 is 2.50 bits per heavy atom. The molecule has 0 aliphatic heterocycles. The molecule has 104 valence electrons. The number of carbonyl (C=O) groups excluding carboxylic acids is 1. The van der Waals surface area contributed by atoms with Crippen LogP contribution in [0, 0.1) is 5.82 Å². The minimum Gasteiger partial charge on any atom is -0.497 e. The van der Waals surface area contributed by atoms with Crippen LogP contribution in [0.3, 0.4) is 0 Å². The van der Waals surface area contributed by atoms with Crippen molar-refractivity contribution in [1.82, 2.24) is 0 Å². The van der Waals surface area contributed by atoms with Gasteiger partial charge >= 0.3 is 5.97 Å². The third-order valence-electron chi connectivity index (χ3n) is 2.85. The molecule has 0 bridgehead atoms. The lowest BCUT2D eigenvalue weighted by molar-refractivity contribution is 0.0601. The average molecular weight is 295 g/mol. The first-order chi connectivity index (χ1) is 9.56. The first-order valence-corrected chi connectivity index (χ1v) is 6.16. The Morgan fingerprint density at radius 2 is 1.85 bits per heavy atom. The van der Waals surface area contributed by atoms with Gasteiger partial charge in [0.05, 0.1) is 19.8 Å². The van der Waals surface area contributed by atoms with Crippen molar-refractivity contribution in [1.29, 1.82) is 0 Å². The molecule has 0 aliphatic carbocycles. The maximum absolute atomic E-state index is 14.0. The molecule has 0 radical (unpaired) electrons. The van der Waals surface area contributed by atoms with E-state index in [1.54, 1.807) is 0 Å². The molecular formula is C15H12ClFO3. The maximum Gasteiger partial charge on any atom is 0.337 e. The second-order valence-electron chi connectivity index (χ2n) is 4.03. The number of halogens is 2. The molecule has 3 nitrogen and oxygen atoms in total. The standard InChI is InChI=1S/C15H12ClFO3/c1-19-10-4-6-14(17)12(8-10)11-7-9(15(18)20-2)3-5-13(11)16/h3-8H,1-2H3. The first kappa shape index (κ1) is 14.3. The predicted octanol–water partition coefficient (Wildman–Crippen LogP) is 3.94. The molecule has 0 fully saturated rings. The van der Waals surface area contributed by atoms with E-state index in [0.717, 1.165) is 0 Å². The van der Waals surface area contributed by atoms with Crippen molar-refractivity contribution < 1.29 is 18.7 Å². The summed E-state index contributed by atoms with van der Waals surface area (Å²) in [5, 5.41) is 0.338. The van der Waals surface area contributed by atoms with Gasteiger partial charge in [-0.3, -0.25) is 0 Å². The summed E-state index contributed by atoms with van der Waals surface area (Å²) >= 11 is 6.09. The molecule has 2 rings (SSSR count). The highest BCUT2D eigenvalue weighted by atomic mass is 35.5. The minimum atomic E-state index is -0.508. The van der Waals surface area contributed by atoms with Gasteiger partial charge < -0.3 is 9.47 Å². The fraction of sp³-hybridized carbons (Fsp3) is 0.133. The molecule has 0 saturated heterocycles. The van der Waals surface area contributed by atoms with Crippen LogP contribution in [0.25, 0.3) is 11.1 Å². The first-order valence-electron chi connectivity index (χ1n) is 5.78. The molecule has 0 amide bonds. The summed E-state index contributed by atoms with van der Waals surface area (Å²) in [5.74, 6) is -0.457. The lowest BCUT2D eigenvalue weighted by Gasteiger charge is -2.09. The number of hydrogen-bond acceptors (Lipinski definition) is 3. The molecule has 0 aliphatic rings. The predicted molar refractivity (Wildman–Crippen MR) is 74.7 cm³/mol. The van der Waals surface area contributed by atoms with E-state index in [4.69, 9.17) is 16.3 Å². The molecule has 0 atom stereocenters. The highest BCUT2D eigenvalue weighted by Gasteiger charge is 2.14. The van der Waals surface area contributed by atoms with Gasteiger partial charge in [0.15, 0.2) is 0 Å². The number of hydrogen-bond donors (Lipinski definition) is 0. The quantitative estimate of drug-likeness (QED) is 0.804. The number of benzene rings is 2. The Morgan fingerprint density at radius 1 is 1.10 bits per heavy atom. The van der Waals surface area contributed by atoms with Crippen LogP contribution in [0.15, 0.2) is 36.4 Å². The van der Waals surface area contributed by atoms with Crippen LogP contribution >= 0.6 is 11.6 Å². The summed E-state index contributed by atoms with van der Waals surface area (Å²) < 4.78 is 23.7. The van der Waals surface area contributed by atoms with Gasteiger partial charge in [-0.1, -0.05) is 11.6 Å². The second-order valence-corrected chi connectivity index (χ2v) is 4.44. The van der Waals surface area contributed by atoms with Gasteiger partial charge in [-0.05, 0) is 36.4 Å². The van der Waals surface area contributed by atoms with Crippen molar-refractivity contribution in [2.75, 3.05) is 14.2 Å². The summed E-state index contributed by atoms with van der Waals surface area (Å²) in [6.45, 7) is 0. The molecule has 0 spiro atoms. The monoisotopic (exact) mass is 294 g/mol. The normalized spacial score (nSPS) is 10.2. The fourth-order valence-electron chi connectivity index (χ4n) is 1.81. The lowest BCUT2D eigenvalue weighted by atomic mass is 10.0. The minimum absolute atomic E-state index is 0.264. The molecule has 0 saturated carbocycles. The number of ether oxygens (including phenoxy) is 2. The SMILES string of the molecule is COC(=O)c1ccc(Cl)c(-c2cc(OC)ccc2F)c1. The van der Waals surface area contributed by atoms with Crippen LogP contribution < -0.4 is 4.74 Å². The van der Waals surface area contributed by atoms with E-state index in [9.17, 15) is 9.18 Å². The maximum atomic E-state index is 14.0. The van der Waals surface area contributed by atoms with Crippen molar-refractivity contribution in [3.63, 3.8) is 0 Å². The second kappa shape index (κ2) is 5.92. The summed E-state index contributed by atoms with van der Waals surface area (Å²) in [6, 6.07) is 8.87. The zero-order valence-electron chi connectivity index (χ0n) is 10.9. The number of carbonyl (C=O) groups is 1. The van der Waals surface area contributed by atoms with E-state index in [0.29, 0.717) is 21.9 Å². The van der Waals surface area contributed by atoms with E-state index >= 15 is 0 Å². The Hall–Kier alpha value is -2.07. The third-order valence-corrected chi connectivity index (χ3v) is 3.18. The summed E-state index contributed by atoms with van der Waals surface area (Å²) in [6.07, 6.45) is 0. The number of rotatable bonds is 3. The van der Waals surface area contributed by atoms with Crippen molar-refractivity contribution >= 4 is 17.6 Å². The van der Waals surface area contributed by atoms with E-state index in [1.165, 1.54) is 50.6 Å². The Bertz CT molecular complexity index is 656. The van der Waals surface area contributed by atoms with Crippen LogP contribution in [0.1, 0.15) is 10.4 Å². The third kappa shape index (κ3) is 2.75. The number of methoxy groups -OCH3 is 2. The van der Waals surface area contributed by atoms with Crippen molar-refractivity contribution in [2.45, 2.75) is 0 Å². The van der Waals surface area contributed by atoms with Gasteiger partial charge in [0, 0.05) is 16.1 Å². The van der Waals surface area contributed by atoms with Gasteiger partial charge in [-0.15, -0.1) is 0 Å². The van der Waals surface area contributed by atoms with Crippen molar-refractivity contribution in [3.05, 3.63) is 52.8 Å². The van der Waals surface area contributed by atoms with E-state index < -0.39 is 11.8 Å². The zero-order valence-corrected chi connectivity index (χ0v) is 11.7. The van der Waals surface area contributed by atoms with Gasteiger partial charge in [0.1, 0.15) is 11.6 Å². The number of esters is 1. The van der Waals surface area contributed by atoms with E-state index in [-0.39, 0.29) is 5.56 Å². The lowest BCUT2D eigenvalue weighted by Crippen LogP contribution is -2.01. The van der Waals surface area contributed by atoms with Crippen LogP contribution in [-0.2, 0) is 4.74 Å². The van der Waals surface area contributed by atoms with Crippen molar-refractivity contribution in [2.24, 2.45) is 0 Å². The van der Waals surface area contributed by atoms with Crippen molar-refractivity contribution in [3.8, 4) is 16.9 Å². The van der Waals surface area contributed by atoms with Crippen LogP contribution in [0.4, 0.5) is 4.39 Å². The summed E-state index contributed by atoms with van der Waals surface area (Å²) in [5.41, 5.74) is 0.972. The fourth-order valence-corrected chi connectivity index (χ4v) is 2.03. The topological polar surface area (TPSA) is 35.5 Å². The molecule has 0 heterocycles.